The molecule has 1 aromatic carbocycles. The minimum Gasteiger partial charge on any atom is -0.482 e. The molecule has 0 aliphatic heterocycles. The molecule has 1 amide bonds. The van der Waals surface area contributed by atoms with Crippen LogP contribution in [0.1, 0.15) is 36.2 Å². The van der Waals surface area contributed by atoms with Crippen LogP contribution in [-0.4, -0.2) is 23.6 Å². The molecule has 2 unspecified atom stereocenters. The van der Waals surface area contributed by atoms with Crippen molar-refractivity contribution in [3.05, 3.63) is 52.2 Å². The van der Waals surface area contributed by atoms with Gasteiger partial charge < -0.3 is 15.2 Å². The van der Waals surface area contributed by atoms with E-state index in [0.717, 1.165) is 10.4 Å². The Morgan fingerprint density at radius 2 is 1.91 bits per heavy atom. The molecule has 0 aliphatic rings. The van der Waals surface area contributed by atoms with E-state index in [1.165, 1.54) is 0 Å². The zero-order valence-corrected chi connectivity index (χ0v) is 13.8. The first-order chi connectivity index (χ1) is 11.0. The van der Waals surface area contributed by atoms with Gasteiger partial charge in [0, 0.05) is 4.88 Å². The highest BCUT2D eigenvalue weighted by molar-refractivity contribution is 7.10. The first kappa shape index (κ1) is 17.0. The monoisotopic (exact) mass is 333 g/mol. The molecule has 2 N–H and O–H groups in total. The third-order valence-electron chi connectivity index (χ3n) is 3.46. The minimum atomic E-state index is -1.02. The maximum Gasteiger partial charge on any atom is 0.341 e. The van der Waals surface area contributed by atoms with Gasteiger partial charge in [0.2, 0.25) is 5.91 Å². The van der Waals surface area contributed by atoms with Crippen molar-refractivity contribution in [1.82, 2.24) is 5.32 Å². The lowest BCUT2D eigenvalue weighted by atomic mass is 10.1. The average Bonchev–Trinajstić information content (AvgIpc) is 3.06. The lowest BCUT2D eigenvalue weighted by Gasteiger charge is -2.17. The summed E-state index contributed by atoms with van der Waals surface area (Å²) in [6.07, 6.45) is 0. The third-order valence-corrected chi connectivity index (χ3v) is 4.52. The summed E-state index contributed by atoms with van der Waals surface area (Å²) in [6.45, 7) is 3.42. The van der Waals surface area contributed by atoms with Crippen LogP contribution in [0, 0.1) is 0 Å². The molecule has 1 aromatic heterocycles. The summed E-state index contributed by atoms with van der Waals surface area (Å²) in [5.74, 6) is -0.735. The Morgan fingerprint density at radius 3 is 2.48 bits per heavy atom. The Hall–Kier alpha value is -2.34. The number of carboxylic acid groups (broad SMARTS) is 1. The summed E-state index contributed by atoms with van der Waals surface area (Å²) in [5.41, 5.74) is 0.930. The van der Waals surface area contributed by atoms with Gasteiger partial charge in [0.25, 0.3) is 0 Å². The van der Waals surface area contributed by atoms with Crippen molar-refractivity contribution in [2.45, 2.75) is 25.8 Å². The molecule has 1 heterocycles. The summed E-state index contributed by atoms with van der Waals surface area (Å²) >= 11 is 1.57. The number of benzene rings is 1. The van der Waals surface area contributed by atoms with Gasteiger partial charge >= 0.3 is 5.97 Å². The lowest BCUT2D eigenvalue weighted by molar-refractivity contribution is -0.139. The molecule has 0 spiro atoms. The van der Waals surface area contributed by atoms with E-state index in [1.54, 1.807) is 23.5 Å². The van der Waals surface area contributed by atoms with Gasteiger partial charge in [0.15, 0.2) is 6.61 Å². The zero-order chi connectivity index (χ0) is 16.8. The number of ether oxygens (including phenoxy) is 1. The van der Waals surface area contributed by atoms with E-state index in [2.05, 4.69) is 5.32 Å². The molecule has 5 nitrogen and oxygen atoms in total. The second-order valence-corrected chi connectivity index (χ2v) is 6.20. The first-order valence-corrected chi connectivity index (χ1v) is 8.13. The Morgan fingerprint density at radius 1 is 1.22 bits per heavy atom. The fraction of sp³-hybridized carbons (Fsp3) is 0.294. The topological polar surface area (TPSA) is 75.6 Å². The largest absolute Gasteiger partial charge is 0.482 e. The number of carbonyl (C=O) groups is 2. The van der Waals surface area contributed by atoms with Crippen LogP contribution in [0.2, 0.25) is 0 Å². The molecule has 122 valence electrons. The number of thiophene rings is 1. The predicted octanol–water partition coefficient (Wildman–Crippen LogP) is 3.19. The number of amides is 1. The highest BCUT2D eigenvalue weighted by atomic mass is 32.1. The first-order valence-electron chi connectivity index (χ1n) is 7.25. The highest BCUT2D eigenvalue weighted by Crippen LogP contribution is 2.23. The van der Waals surface area contributed by atoms with Gasteiger partial charge in [-0.05, 0) is 43.0 Å². The zero-order valence-electron chi connectivity index (χ0n) is 13.0. The van der Waals surface area contributed by atoms with Gasteiger partial charge in [-0.15, -0.1) is 11.3 Å². The van der Waals surface area contributed by atoms with Crippen LogP contribution in [0.3, 0.4) is 0 Å². The average molecular weight is 333 g/mol. The molecule has 0 aliphatic carbocycles. The van der Waals surface area contributed by atoms with Crippen molar-refractivity contribution in [1.29, 1.82) is 0 Å². The number of carbonyl (C=O) groups excluding carboxylic acids is 1. The van der Waals surface area contributed by atoms with Crippen molar-refractivity contribution in [2.24, 2.45) is 0 Å². The number of rotatable bonds is 7. The van der Waals surface area contributed by atoms with Crippen LogP contribution in [0.5, 0.6) is 5.75 Å². The Kier molecular flexibility index (Phi) is 5.76. The van der Waals surface area contributed by atoms with Crippen LogP contribution in [0.4, 0.5) is 0 Å². The van der Waals surface area contributed by atoms with Crippen LogP contribution < -0.4 is 10.1 Å². The molecule has 6 heteroatoms. The highest BCUT2D eigenvalue weighted by Gasteiger charge is 2.18. The van der Waals surface area contributed by atoms with E-state index in [4.69, 9.17) is 9.84 Å². The summed E-state index contributed by atoms with van der Waals surface area (Å²) < 4.78 is 5.08. The van der Waals surface area contributed by atoms with E-state index >= 15 is 0 Å². The molecular weight excluding hydrogens is 314 g/mol. The van der Waals surface area contributed by atoms with Gasteiger partial charge in [-0.1, -0.05) is 18.2 Å². The Bertz CT molecular complexity index is 652. The molecule has 0 radical (unpaired) electrons. The molecule has 0 bridgehead atoms. The maximum absolute atomic E-state index is 12.3. The van der Waals surface area contributed by atoms with Crippen LogP contribution >= 0.6 is 11.3 Å². The van der Waals surface area contributed by atoms with E-state index in [0.29, 0.717) is 5.75 Å². The fourth-order valence-corrected chi connectivity index (χ4v) is 2.87. The second-order valence-electron chi connectivity index (χ2n) is 5.22. The molecule has 23 heavy (non-hydrogen) atoms. The second kappa shape index (κ2) is 7.78. The molecule has 2 atom stereocenters. The summed E-state index contributed by atoms with van der Waals surface area (Å²) in [4.78, 5) is 23.8. The SMILES string of the molecule is CC(NC(=O)C(C)c1cccs1)c1ccc(OCC(=O)O)cc1. The van der Waals surface area contributed by atoms with Crippen LogP contribution in [-0.2, 0) is 9.59 Å². The summed E-state index contributed by atoms with van der Waals surface area (Å²) in [5, 5.41) is 13.5. The van der Waals surface area contributed by atoms with E-state index < -0.39 is 5.97 Å². The molecule has 2 rings (SSSR count). The van der Waals surface area contributed by atoms with Crippen molar-refractivity contribution < 1.29 is 19.4 Å². The predicted molar refractivity (Wildman–Crippen MR) is 88.9 cm³/mol. The quantitative estimate of drug-likeness (QED) is 0.816. The molecule has 0 saturated heterocycles. The lowest BCUT2D eigenvalue weighted by Crippen LogP contribution is -2.30. The molecular formula is C17H19NO4S. The van der Waals surface area contributed by atoms with Crippen LogP contribution in [0.15, 0.2) is 41.8 Å². The number of nitrogens with one attached hydrogen (secondary N) is 1. The van der Waals surface area contributed by atoms with Crippen LogP contribution in [0.25, 0.3) is 0 Å². The smallest absolute Gasteiger partial charge is 0.341 e. The molecule has 2 aromatic rings. The van der Waals surface area contributed by atoms with E-state index in [-0.39, 0.29) is 24.5 Å². The van der Waals surface area contributed by atoms with Gasteiger partial charge in [-0.3, -0.25) is 4.79 Å². The number of carboxylic acids is 1. The Labute approximate surface area is 138 Å². The number of hydrogen-bond acceptors (Lipinski definition) is 4. The normalized spacial score (nSPS) is 13.1. The summed E-state index contributed by atoms with van der Waals surface area (Å²) in [6, 6.07) is 10.8. The standard InChI is InChI=1S/C17H19NO4S/c1-11(15-4-3-9-23-15)17(21)18-12(2)13-5-7-14(8-6-13)22-10-16(19)20/h3-9,11-12H,10H2,1-2H3,(H,18,21)(H,19,20). The number of hydrogen-bond donors (Lipinski definition) is 2. The van der Waals surface area contributed by atoms with Gasteiger partial charge in [-0.25, -0.2) is 4.79 Å². The van der Waals surface area contributed by atoms with E-state index in [1.807, 2.05) is 43.5 Å². The summed E-state index contributed by atoms with van der Waals surface area (Å²) in [7, 11) is 0. The fourth-order valence-electron chi connectivity index (χ4n) is 2.09. The van der Waals surface area contributed by atoms with Gasteiger partial charge in [0.05, 0.1) is 12.0 Å². The van der Waals surface area contributed by atoms with E-state index in [9.17, 15) is 9.59 Å². The van der Waals surface area contributed by atoms with Crippen molar-refractivity contribution in [2.75, 3.05) is 6.61 Å². The molecule has 0 fully saturated rings. The maximum atomic E-state index is 12.3. The van der Waals surface area contributed by atoms with Crippen molar-refractivity contribution >= 4 is 23.2 Å². The minimum absolute atomic E-state index is 0.0221. The van der Waals surface area contributed by atoms with Gasteiger partial charge in [0.1, 0.15) is 5.75 Å². The number of aliphatic carboxylic acids is 1. The van der Waals surface area contributed by atoms with Crippen molar-refractivity contribution in [3.8, 4) is 5.75 Å². The third kappa shape index (κ3) is 4.82. The van der Waals surface area contributed by atoms with Crippen molar-refractivity contribution in [3.63, 3.8) is 0 Å². The van der Waals surface area contributed by atoms with Gasteiger partial charge in [-0.2, -0.15) is 0 Å². The molecule has 0 saturated carbocycles. The Balaban J connectivity index is 1.93.